The van der Waals surface area contributed by atoms with Crippen molar-refractivity contribution in [2.75, 3.05) is 19.7 Å². The van der Waals surface area contributed by atoms with E-state index in [1.807, 2.05) is 30.5 Å². The molecule has 1 N–H and O–H groups in total. The van der Waals surface area contributed by atoms with Gasteiger partial charge < -0.3 is 10.1 Å². The van der Waals surface area contributed by atoms with E-state index in [1.165, 1.54) is 12.8 Å². The summed E-state index contributed by atoms with van der Waals surface area (Å²) in [5.74, 6) is 0.553. The third-order valence-electron chi connectivity index (χ3n) is 7.09. The van der Waals surface area contributed by atoms with Gasteiger partial charge in [0, 0.05) is 27.9 Å². The topological polar surface area (TPSA) is 39.1 Å². The number of benzene rings is 2. The first kappa shape index (κ1) is 21.9. The number of aromatic nitrogens is 2. The largest absolute Gasteiger partial charge is 0.373 e. The van der Waals surface area contributed by atoms with E-state index in [0.717, 1.165) is 71.9 Å². The minimum absolute atomic E-state index is 0.0449. The van der Waals surface area contributed by atoms with Crippen molar-refractivity contribution >= 4 is 22.5 Å². The van der Waals surface area contributed by atoms with Crippen molar-refractivity contribution in [3.63, 3.8) is 0 Å². The molecule has 1 saturated heterocycles. The Morgan fingerprint density at radius 2 is 1.97 bits per heavy atom. The maximum atomic E-state index is 13.4. The lowest BCUT2D eigenvalue weighted by molar-refractivity contribution is -0.0159. The summed E-state index contributed by atoms with van der Waals surface area (Å²) in [6.07, 6.45) is 7.39. The predicted molar refractivity (Wildman–Crippen MR) is 126 cm³/mol. The van der Waals surface area contributed by atoms with Crippen molar-refractivity contribution < 1.29 is 9.13 Å². The van der Waals surface area contributed by atoms with Gasteiger partial charge in [-0.15, -0.1) is 0 Å². The molecule has 1 atom stereocenters. The molecule has 1 aromatic heterocycles. The van der Waals surface area contributed by atoms with Crippen LogP contribution >= 0.6 is 11.6 Å². The third-order valence-corrected chi connectivity index (χ3v) is 7.31. The molecule has 0 amide bonds. The van der Waals surface area contributed by atoms with Crippen LogP contribution in [0.2, 0.25) is 5.02 Å². The molecule has 3 aromatic rings. The van der Waals surface area contributed by atoms with Crippen molar-refractivity contribution in [1.29, 1.82) is 0 Å². The van der Waals surface area contributed by atoms with E-state index in [4.69, 9.17) is 16.3 Å². The number of piperidine rings is 1. The Morgan fingerprint density at radius 1 is 1.22 bits per heavy atom. The van der Waals surface area contributed by atoms with E-state index in [9.17, 15) is 4.39 Å². The van der Waals surface area contributed by atoms with Gasteiger partial charge in [-0.2, -0.15) is 5.10 Å². The van der Waals surface area contributed by atoms with Crippen LogP contribution in [-0.2, 0) is 17.7 Å². The fourth-order valence-electron chi connectivity index (χ4n) is 4.98. The number of rotatable bonds is 8. The smallest absolute Gasteiger partial charge is 0.123 e. The van der Waals surface area contributed by atoms with Crippen LogP contribution in [0.1, 0.15) is 49.8 Å². The summed E-state index contributed by atoms with van der Waals surface area (Å²) < 4.78 is 22.1. The van der Waals surface area contributed by atoms with Gasteiger partial charge in [-0.3, -0.25) is 4.68 Å². The standard InChI is InChI=1S/C26H31ClFN3O/c1-18(24-13-22(27)12-21-15-30-31(25(21)24)16-20-2-3-20)32-17-26(8-10-29-11-9-26)14-19-4-6-23(28)7-5-19/h4-7,12-13,15,18,20,29H,2-3,8-11,14,16-17H2,1H3. The summed E-state index contributed by atoms with van der Waals surface area (Å²) in [4.78, 5) is 0. The highest BCUT2D eigenvalue weighted by atomic mass is 35.5. The maximum Gasteiger partial charge on any atom is 0.123 e. The predicted octanol–water partition coefficient (Wildman–Crippen LogP) is 5.93. The van der Waals surface area contributed by atoms with E-state index >= 15 is 0 Å². The van der Waals surface area contributed by atoms with E-state index in [2.05, 4.69) is 22.0 Å². The minimum atomic E-state index is -0.189. The van der Waals surface area contributed by atoms with Crippen molar-refractivity contribution in [3.8, 4) is 0 Å². The molecular weight excluding hydrogens is 425 g/mol. The maximum absolute atomic E-state index is 13.4. The second-order valence-corrected chi connectivity index (χ2v) is 10.1. The van der Waals surface area contributed by atoms with Gasteiger partial charge in [-0.05, 0) is 87.9 Å². The van der Waals surface area contributed by atoms with Gasteiger partial charge in [0.05, 0.1) is 24.4 Å². The third kappa shape index (κ3) is 4.85. The number of nitrogens with zero attached hydrogens (tertiary/aromatic N) is 2. The molecule has 0 bridgehead atoms. The molecule has 1 aliphatic heterocycles. The number of hydrogen-bond acceptors (Lipinski definition) is 3. The van der Waals surface area contributed by atoms with Gasteiger partial charge in [-0.25, -0.2) is 4.39 Å². The van der Waals surface area contributed by atoms with Crippen LogP contribution in [0.25, 0.3) is 10.9 Å². The molecule has 1 aliphatic carbocycles. The highest BCUT2D eigenvalue weighted by Crippen LogP contribution is 2.38. The Bertz CT molecular complexity index is 1070. The van der Waals surface area contributed by atoms with Gasteiger partial charge >= 0.3 is 0 Å². The number of fused-ring (bicyclic) bond motifs is 1. The van der Waals surface area contributed by atoms with Crippen LogP contribution in [-0.4, -0.2) is 29.5 Å². The van der Waals surface area contributed by atoms with Crippen molar-refractivity contribution in [2.24, 2.45) is 11.3 Å². The zero-order valence-electron chi connectivity index (χ0n) is 18.6. The number of nitrogens with one attached hydrogen (secondary N) is 1. The fourth-order valence-corrected chi connectivity index (χ4v) is 5.21. The van der Waals surface area contributed by atoms with Crippen LogP contribution in [0.5, 0.6) is 0 Å². The number of halogens is 2. The van der Waals surface area contributed by atoms with E-state index in [-0.39, 0.29) is 17.3 Å². The zero-order chi connectivity index (χ0) is 22.1. The van der Waals surface area contributed by atoms with Crippen molar-refractivity contribution in [1.82, 2.24) is 15.1 Å². The molecule has 2 heterocycles. The molecule has 4 nitrogen and oxygen atoms in total. The van der Waals surface area contributed by atoms with Gasteiger partial charge in [0.1, 0.15) is 5.82 Å². The Morgan fingerprint density at radius 3 is 2.69 bits per heavy atom. The SMILES string of the molecule is CC(OCC1(Cc2ccc(F)cc2)CCNCC1)c1cc(Cl)cc2cnn(CC3CC3)c12. The summed E-state index contributed by atoms with van der Waals surface area (Å²) in [5, 5.41) is 9.91. The first-order chi connectivity index (χ1) is 15.5. The molecule has 1 unspecified atom stereocenters. The molecule has 0 spiro atoms. The lowest BCUT2D eigenvalue weighted by atomic mass is 9.75. The second-order valence-electron chi connectivity index (χ2n) is 9.71. The normalized spacial score (nSPS) is 19.3. The second kappa shape index (κ2) is 9.12. The summed E-state index contributed by atoms with van der Waals surface area (Å²) in [6.45, 7) is 5.71. The molecule has 0 radical (unpaired) electrons. The Hall–Kier alpha value is -1.95. The van der Waals surface area contributed by atoms with Crippen molar-refractivity contribution in [3.05, 3.63) is 64.6 Å². The summed E-state index contributed by atoms with van der Waals surface area (Å²) in [6, 6.07) is 10.9. The van der Waals surface area contributed by atoms with Crippen LogP contribution in [0.15, 0.2) is 42.6 Å². The van der Waals surface area contributed by atoms with E-state index < -0.39 is 0 Å². The lowest BCUT2D eigenvalue weighted by Crippen LogP contribution is -2.41. The fraction of sp³-hybridized carbons (Fsp3) is 0.500. The molecule has 1 saturated carbocycles. The van der Waals surface area contributed by atoms with Crippen LogP contribution in [0.4, 0.5) is 4.39 Å². The quantitative estimate of drug-likeness (QED) is 0.457. The van der Waals surface area contributed by atoms with Gasteiger partial charge in [-0.1, -0.05) is 23.7 Å². The highest BCUT2D eigenvalue weighted by Gasteiger charge is 2.34. The average Bonchev–Trinajstić information content (AvgIpc) is 3.52. The molecule has 32 heavy (non-hydrogen) atoms. The summed E-state index contributed by atoms with van der Waals surface area (Å²) in [7, 11) is 0. The summed E-state index contributed by atoms with van der Waals surface area (Å²) >= 11 is 6.46. The molecule has 5 rings (SSSR count). The Labute approximate surface area is 194 Å². The first-order valence-electron chi connectivity index (χ1n) is 11.7. The van der Waals surface area contributed by atoms with Gasteiger partial charge in [0.15, 0.2) is 0 Å². The van der Waals surface area contributed by atoms with E-state index in [1.54, 1.807) is 12.1 Å². The van der Waals surface area contributed by atoms with Crippen LogP contribution < -0.4 is 5.32 Å². The molecule has 2 aliphatic rings. The monoisotopic (exact) mass is 455 g/mol. The van der Waals surface area contributed by atoms with Gasteiger partial charge in [0.2, 0.25) is 0 Å². The van der Waals surface area contributed by atoms with Crippen molar-refractivity contribution in [2.45, 2.75) is 51.7 Å². The molecule has 2 aromatic carbocycles. The number of hydrogen-bond donors (Lipinski definition) is 1. The Kier molecular flexibility index (Phi) is 6.24. The Balaban J connectivity index is 1.37. The molecular formula is C26H31ClFN3O. The van der Waals surface area contributed by atoms with Gasteiger partial charge in [0.25, 0.3) is 0 Å². The molecule has 6 heteroatoms. The zero-order valence-corrected chi connectivity index (χ0v) is 19.4. The van der Waals surface area contributed by atoms with E-state index in [0.29, 0.717) is 6.61 Å². The average molecular weight is 456 g/mol. The minimum Gasteiger partial charge on any atom is -0.373 e. The van der Waals surface area contributed by atoms with Crippen LogP contribution in [0.3, 0.4) is 0 Å². The molecule has 2 fully saturated rings. The lowest BCUT2D eigenvalue weighted by Gasteiger charge is -2.38. The number of ether oxygens (including phenoxy) is 1. The molecule has 170 valence electrons. The summed E-state index contributed by atoms with van der Waals surface area (Å²) in [5.41, 5.74) is 3.46. The van der Waals surface area contributed by atoms with Crippen LogP contribution in [0, 0.1) is 17.2 Å². The highest BCUT2D eigenvalue weighted by molar-refractivity contribution is 6.31. The first-order valence-corrected chi connectivity index (χ1v) is 12.1.